The van der Waals surface area contributed by atoms with Crippen molar-refractivity contribution in [2.45, 2.75) is 19.4 Å². The Hall–Kier alpha value is -2.80. The quantitative estimate of drug-likeness (QED) is 0.694. The summed E-state index contributed by atoms with van der Waals surface area (Å²) in [6, 6.07) is 8.67. The molecule has 0 N–H and O–H groups in total. The van der Waals surface area contributed by atoms with Crippen LogP contribution >= 0.6 is 0 Å². The van der Waals surface area contributed by atoms with Crippen LogP contribution in [-0.4, -0.2) is 64.3 Å². The van der Waals surface area contributed by atoms with E-state index in [1.165, 1.54) is 29.5 Å². The zero-order chi connectivity index (χ0) is 18.8. The minimum atomic E-state index is 0.939. The van der Waals surface area contributed by atoms with E-state index in [2.05, 4.69) is 53.1 Å². The summed E-state index contributed by atoms with van der Waals surface area (Å²) in [4.78, 5) is 16.4. The van der Waals surface area contributed by atoms with Crippen molar-refractivity contribution in [2.75, 3.05) is 49.1 Å². The number of hydrogen-bond donors (Lipinski definition) is 0. The van der Waals surface area contributed by atoms with Gasteiger partial charge in [-0.05, 0) is 42.7 Å². The molecule has 0 saturated carbocycles. The van der Waals surface area contributed by atoms with Crippen LogP contribution < -0.4 is 9.80 Å². The molecule has 0 amide bonds. The molecule has 0 aliphatic carbocycles. The van der Waals surface area contributed by atoms with E-state index in [1.807, 2.05) is 12.3 Å². The minimum absolute atomic E-state index is 0.939. The molecule has 3 aromatic rings. The standard InChI is InChI=1S/C21H25N7/c1-2-8-28(7-1)21-19-13-18(3-4-20(19)22-16-23-21)27-11-9-26(10-12-27)15-17-5-6-24-25-14-17/h3-6,13-14,16H,1-2,7-12,15H2. The topological polar surface area (TPSA) is 61.3 Å². The van der Waals surface area contributed by atoms with E-state index < -0.39 is 0 Å². The monoisotopic (exact) mass is 375 g/mol. The molecular formula is C21H25N7. The summed E-state index contributed by atoms with van der Waals surface area (Å²) in [6.45, 7) is 7.27. The van der Waals surface area contributed by atoms with Gasteiger partial charge in [0, 0.05) is 63.1 Å². The van der Waals surface area contributed by atoms with Crippen molar-refractivity contribution in [3.63, 3.8) is 0 Å². The second-order valence-corrected chi connectivity index (χ2v) is 7.61. The second-order valence-electron chi connectivity index (χ2n) is 7.61. The highest BCUT2D eigenvalue weighted by Crippen LogP contribution is 2.30. The molecule has 7 nitrogen and oxygen atoms in total. The first-order valence-corrected chi connectivity index (χ1v) is 10.1. The molecule has 1 aromatic carbocycles. The maximum atomic E-state index is 4.61. The SMILES string of the molecule is c1cc(CN2CCN(c3ccc4ncnc(N5CCCC5)c4c3)CC2)cnn1. The summed E-state index contributed by atoms with van der Waals surface area (Å²) in [5.41, 5.74) is 3.53. The lowest BCUT2D eigenvalue weighted by Gasteiger charge is -2.36. The Morgan fingerprint density at radius 1 is 0.821 bits per heavy atom. The van der Waals surface area contributed by atoms with Gasteiger partial charge < -0.3 is 9.80 Å². The number of piperazine rings is 1. The molecule has 4 heterocycles. The Morgan fingerprint density at radius 3 is 2.46 bits per heavy atom. The molecule has 28 heavy (non-hydrogen) atoms. The molecule has 0 bridgehead atoms. The van der Waals surface area contributed by atoms with E-state index in [1.54, 1.807) is 12.5 Å². The fraction of sp³-hybridized carbons (Fsp3) is 0.429. The maximum Gasteiger partial charge on any atom is 0.139 e. The van der Waals surface area contributed by atoms with Gasteiger partial charge in [-0.2, -0.15) is 10.2 Å². The summed E-state index contributed by atoms with van der Waals surface area (Å²) in [5, 5.41) is 9.01. The lowest BCUT2D eigenvalue weighted by atomic mass is 10.1. The number of rotatable bonds is 4. The lowest BCUT2D eigenvalue weighted by Crippen LogP contribution is -2.46. The highest BCUT2D eigenvalue weighted by molar-refractivity contribution is 5.92. The van der Waals surface area contributed by atoms with Crippen LogP contribution in [0.3, 0.4) is 0 Å². The van der Waals surface area contributed by atoms with E-state index in [4.69, 9.17) is 0 Å². The van der Waals surface area contributed by atoms with Crippen LogP contribution in [-0.2, 0) is 6.54 Å². The average molecular weight is 375 g/mol. The predicted molar refractivity (Wildman–Crippen MR) is 111 cm³/mol. The van der Waals surface area contributed by atoms with Gasteiger partial charge in [0.2, 0.25) is 0 Å². The average Bonchev–Trinajstić information content (AvgIpc) is 3.29. The van der Waals surface area contributed by atoms with Gasteiger partial charge >= 0.3 is 0 Å². The summed E-state index contributed by atoms with van der Waals surface area (Å²) in [5.74, 6) is 1.09. The van der Waals surface area contributed by atoms with Gasteiger partial charge in [-0.3, -0.25) is 4.90 Å². The molecule has 2 saturated heterocycles. The summed E-state index contributed by atoms with van der Waals surface area (Å²) in [6.07, 6.45) is 7.82. The molecule has 2 aromatic heterocycles. The summed E-state index contributed by atoms with van der Waals surface area (Å²) >= 11 is 0. The van der Waals surface area contributed by atoms with Crippen LogP contribution in [0.15, 0.2) is 43.0 Å². The number of fused-ring (bicyclic) bond motifs is 1. The Balaban J connectivity index is 1.32. The highest BCUT2D eigenvalue weighted by Gasteiger charge is 2.20. The molecule has 2 aliphatic rings. The third kappa shape index (κ3) is 3.49. The van der Waals surface area contributed by atoms with Gasteiger partial charge in [-0.25, -0.2) is 9.97 Å². The Bertz CT molecular complexity index is 932. The molecule has 2 fully saturated rings. The number of nitrogens with zero attached hydrogens (tertiary/aromatic N) is 7. The van der Waals surface area contributed by atoms with Crippen LogP contribution in [0.2, 0.25) is 0 Å². The maximum absolute atomic E-state index is 4.61. The zero-order valence-corrected chi connectivity index (χ0v) is 16.0. The van der Waals surface area contributed by atoms with Crippen molar-refractivity contribution in [1.29, 1.82) is 0 Å². The first-order valence-electron chi connectivity index (χ1n) is 10.1. The second kappa shape index (κ2) is 7.67. The predicted octanol–water partition coefficient (Wildman–Crippen LogP) is 2.34. The molecule has 5 rings (SSSR count). The van der Waals surface area contributed by atoms with Crippen molar-refractivity contribution in [2.24, 2.45) is 0 Å². The van der Waals surface area contributed by atoms with Crippen molar-refractivity contribution < 1.29 is 0 Å². The fourth-order valence-electron chi connectivity index (χ4n) is 4.24. The van der Waals surface area contributed by atoms with Gasteiger partial charge in [0.25, 0.3) is 0 Å². The van der Waals surface area contributed by atoms with Crippen LogP contribution in [0.25, 0.3) is 10.9 Å². The Labute approximate surface area is 165 Å². The number of aromatic nitrogens is 4. The van der Waals surface area contributed by atoms with Gasteiger partial charge in [-0.15, -0.1) is 0 Å². The van der Waals surface area contributed by atoms with Gasteiger partial charge in [0.1, 0.15) is 12.1 Å². The minimum Gasteiger partial charge on any atom is -0.369 e. The molecule has 0 radical (unpaired) electrons. The van der Waals surface area contributed by atoms with E-state index in [0.29, 0.717) is 0 Å². The largest absolute Gasteiger partial charge is 0.369 e. The summed E-state index contributed by atoms with van der Waals surface area (Å²) in [7, 11) is 0. The first kappa shape index (κ1) is 17.3. The van der Waals surface area contributed by atoms with E-state index >= 15 is 0 Å². The smallest absolute Gasteiger partial charge is 0.139 e. The molecule has 7 heteroatoms. The van der Waals surface area contributed by atoms with Crippen LogP contribution in [0, 0.1) is 0 Å². The third-order valence-electron chi connectivity index (χ3n) is 5.79. The third-order valence-corrected chi connectivity index (χ3v) is 5.79. The summed E-state index contributed by atoms with van der Waals surface area (Å²) < 4.78 is 0. The van der Waals surface area contributed by atoms with Crippen molar-refractivity contribution in [3.05, 3.63) is 48.5 Å². The van der Waals surface area contributed by atoms with Gasteiger partial charge in [-0.1, -0.05) is 0 Å². The molecule has 0 spiro atoms. The van der Waals surface area contributed by atoms with Crippen molar-refractivity contribution in [3.8, 4) is 0 Å². The van der Waals surface area contributed by atoms with E-state index in [0.717, 1.165) is 57.1 Å². The van der Waals surface area contributed by atoms with Gasteiger partial charge in [0.15, 0.2) is 0 Å². The van der Waals surface area contributed by atoms with Crippen LogP contribution in [0.4, 0.5) is 11.5 Å². The molecule has 2 aliphatic heterocycles. The Kier molecular flexibility index (Phi) is 4.74. The van der Waals surface area contributed by atoms with E-state index in [-0.39, 0.29) is 0 Å². The number of benzene rings is 1. The number of anilines is 2. The normalized spacial score (nSPS) is 18.1. The molecule has 144 valence electrons. The molecule has 0 atom stereocenters. The Morgan fingerprint density at radius 2 is 1.68 bits per heavy atom. The number of hydrogen-bond acceptors (Lipinski definition) is 7. The molecule has 0 unspecified atom stereocenters. The van der Waals surface area contributed by atoms with Crippen molar-refractivity contribution >= 4 is 22.4 Å². The van der Waals surface area contributed by atoms with Gasteiger partial charge in [0.05, 0.1) is 11.7 Å². The van der Waals surface area contributed by atoms with E-state index in [9.17, 15) is 0 Å². The molecular weight excluding hydrogens is 350 g/mol. The van der Waals surface area contributed by atoms with Crippen molar-refractivity contribution in [1.82, 2.24) is 25.1 Å². The highest BCUT2D eigenvalue weighted by atomic mass is 15.3. The van der Waals surface area contributed by atoms with Crippen LogP contribution in [0.5, 0.6) is 0 Å². The zero-order valence-electron chi connectivity index (χ0n) is 16.0. The van der Waals surface area contributed by atoms with Crippen LogP contribution in [0.1, 0.15) is 18.4 Å². The first-order chi connectivity index (χ1) is 13.9. The lowest BCUT2D eigenvalue weighted by molar-refractivity contribution is 0.249. The fourth-order valence-corrected chi connectivity index (χ4v) is 4.24.